The average molecular weight is 259 g/mol. The third-order valence-electron chi connectivity index (χ3n) is 3.02. The van der Waals surface area contributed by atoms with Crippen molar-refractivity contribution < 1.29 is 22.8 Å². The maximum absolute atomic E-state index is 11.2. The molecule has 6 nitrogen and oxygen atoms in total. The number of carboxylic acid groups (broad SMARTS) is 1. The van der Waals surface area contributed by atoms with Gasteiger partial charge in [-0.25, -0.2) is 13.2 Å². The van der Waals surface area contributed by atoms with Gasteiger partial charge in [0.2, 0.25) is 0 Å². The van der Waals surface area contributed by atoms with E-state index < -0.39 is 15.8 Å². The summed E-state index contributed by atoms with van der Waals surface area (Å²) in [5, 5.41) is 12.3. The summed E-state index contributed by atoms with van der Waals surface area (Å²) in [4.78, 5) is 10.8. The number of hydrogen-bond donors (Lipinski definition) is 1. The van der Waals surface area contributed by atoms with Crippen molar-refractivity contribution in [3.63, 3.8) is 0 Å². The van der Waals surface area contributed by atoms with Crippen molar-refractivity contribution in [3.8, 4) is 0 Å². The first-order valence-corrected chi connectivity index (χ1v) is 7.17. The Kier molecular flexibility index (Phi) is 3.19. The largest absolute Gasteiger partial charge is 0.478 e. The molecule has 1 fully saturated rings. The second-order valence-electron chi connectivity index (χ2n) is 4.27. The van der Waals surface area contributed by atoms with Crippen molar-refractivity contribution in [2.45, 2.75) is 19.3 Å². The van der Waals surface area contributed by atoms with Gasteiger partial charge in [0.05, 0.1) is 17.7 Å². The van der Waals surface area contributed by atoms with E-state index in [0.717, 1.165) is 0 Å². The molecular weight excluding hydrogens is 246 g/mol. The van der Waals surface area contributed by atoms with Crippen molar-refractivity contribution in [1.29, 1.82) is 0 Å². The highest BCUT2D eigenvalue weighted by molar-refractivity contribution is 7.91. The fourth-order valence-electron chi connectivity index (χ4n) is 1.99. The van der Waals surface area contributed by atoms with Crippen LogP contribution in [0.5, 0.6) is 0 Å². The van der Waals surface area contributed by atoms with Crippen molar-refractivity contribution in [3.05, 3.63) is 17.5 Å². The van der Waals surface area contributed by atoms with Crippen LogP contribution < -0.4 is 0 Å². The van der Waals surface area contributed by atoms with Crippen LogP contribution >= 0.6 is 0 Å². The quantitative estimate of drug-likeness (QED) is 0.859. The number of carboxylic acids is 1. The van der Waals surface area contributed by atoms with Crippen LogP contribution in [0.15, 0.2) is 10.7 Å². The maximum atomic E-state index is 11.2. The van der Waals surface area contributed by atoms with Crippen molar-refractivity contribution >= 4 is 15.8 Å². The Balaban J connectivity index is 2.02. The smallest absolute Gasteiger partial charge is 0.340 e. The molecule has 0 amide bonds. The molecule has 0 atom stereocenters. The van der Waals surface area contributed by atoms with Crippen LogP contribution in [0.2, 0.25) is 0 Å². The summed E-state index contributed by atoms with van der Waals surface area (Å²) in [5.74, 6) is -0.223. The zero-order valence-electron chi connectivity index (χ0n) is 9.13. The Bertz CT molecular complexity index is 505. The molecule has 2 heterocycles. The van der Waals surface area contributed by atoms with E-state index in [1.807, 2.05) is 0 Å². The van der Waals surface area contributed by atoms with Crippen LogP contribution in [0.3, 0.4) is 0 Å². The highest BCUT2D eigenvalue weighted by Crippen LogP contribution is 2.24. The van der Waals surface area contributed by atoms with Gasteiger partial charge in [-0.3, -0.25) is 0 Å². The molecule has 0 spiro atoms. The number of aromatic carboxylic acids is 1. The molecular formula is C10H13NO5S. The summed E-state index contributed by atoms with van der Waals surface area (Å²) in [6, 6.07) is 0. The van der Waals surface area contributed by atoms with Crippen LogP contribution in [0.1, 0.15) is 29.0 Å². The molecule has 94 valence electrons. The van der Waals surface area contributed by atoms with Gasteiger partial charge in [-0.2, -0.15) is 0 Å². The Morgan fingerprint density at radius 3 is 2.71 bits per heavy atom. The third-order valence-corrected chi connectivity index (χ3v) is 4.74. The molecule has 1 N–H and O–H groups in total. The minimum atomic E-state index is -2.88. The summed E-state index contributed by atoms with van der Waals surface area (Å²) in [5.41, 5.74) is 0.0680. The van der Waals surface area contributed by atoms with Gasteiger partial charge in [-0.05, 0) is 18.8 Å². The first-order chi connectivity index (χ1) is 7.98. The van der Waals surface area contributed by atoms with E-state index >= 15 is 0 Å². The molecule has 1 aromatic rings. The van der Waals surface area contributed by atoms with Crippen molar-refractivity contribution in [2.75, 3.05) is 11.5 Å². The molecule has 1 aliphatic rings. The first kappa shape index (κ1) is 12.1. The van der Waals surface area contributed by atoms with Crippen LogP contribution in [-0.2, 0) is 16.3 Å². The van der Waals surface area contributed by atoms with Gasteiger partial charge in [0.25, 0.3) is 0 Å². The Morgan fingerprint density at radius 1 is 1.47 bits per heavy atom. The molecule has 1 aliphatic heterocycles. The number of hydrogen-bond acceptors (Lipinski definition) is 5. The van der Waals surface area contributed by atoms with Crippen LogP contribution in [0, 0.1) is 5.92 Å². The van der Waals surface area contributed by atoms with Gasteiger partial charge in [0.1, 0.15) is 15.4 Å². The van der Waals surface area contributed by atoms with Gasteiger partial charge in [-0.1, -0.05) is 5.16 Å². The lowest BCUT2D eigenvalue weighted by Crippen LogP contribution is -2.24. The first-order valence-electron chi connectivity index (χ1n) is 5.35. The SMILES string of the molecule is O=C(O)c1cnoc1CC1CCS(=O)(=O)CC1. The number of nitrogens with zero attached hydrogens (tertiary/aromatic N) is 1. The highest BCUT2D eigenvalue weighted by Gasteiger charge is 2.26. The number of rotatable bonds is 3. The maximum Gasteiger partial charge on any atom is 0.340 e. The summed E-state index contributed by atoms with van der Waals surface area (Å²) < 4.78 is 27.4. The van der Waals surface area contributed by atoms with Gasteiger partial charge in [0, 0.05) is 6.42 Å². The minimum Gasteiger partial charge on any atom is -0.478 e. The minimum absolute atomic E-state index is 0.0680. The second-order valence-corrected chi connectivity index (χ2v) is 6.57. The summed E-state index contributed by atoms with van der Waals surface area (Å²) in [7, 11) is -2.88. The van der Waals surface area contributed by atoms with Gasteiger partial charge >= 0.3 is 5.97 Å². The number of sulfone groups is 1. The lowest BCUT2D eigenvalue weighted by Gasteiger charge is -2.20. The van der Waals surface area contributed by atoms with Gasteiger partial charge < -0.3 is 9.63 Å². The van der Waals surface area contributed by atoms with Gasteiger partial charge in [0.15, 0.2) is 5.76 Å². The second kappa shape index (κ2) is 4.48. The van der Waals surface area contributed by atoms with Crippen molar-refractivity contribution in [1.82, 2.24) is 5.16 Å². The predicted octanol–water partition coefficient (Wildman–Crippen LogP) is 0.740. The number of carbonyl (C=O) groups is 1. The standard InChI is InChI=1S/C10H13NO5S/c12-10(13)8-6-11-16-9(8)5-7-1-3-17(14,15)4-2-7/h6-7H,1-5H2,(H,12,13). The van der Waals surface area contributed by atoms with E-state index in [9.17, 15) is 13.2 Å². The highest BCUT2D eigenvalue weighted by atomic mass is 32.2. The van der Waals surface area contributed by atoms with Crippen LogP contribution in [0.25, 0.3) is 0 Å². The molecule has 1 saturated heterocycles. The molecule has 0 radical (unpaired) electrons. The van der Waals surface area contributed by atoms with E-state index in [2.05, 4.69) is 5.16 Å². The topological polar surface area (TPSA) is 97.5 Å². The fraction of sp³-hybridized carbons (Fsp3) is 0.600. The Morgan fingerprint density at radius 2 is 2.12 bits per heavy atom. The normalized spacial score (nSPS) is 20.2. The van der Waals surface area contributed by atoms with Gasteiger partial charge in [-0.15, -0.1) is 0 Å². The molecule has 1 aromatic heterocycles. The molecule has 0 aliphatic carbocycles. The molecule has 0 aromatic carbocycles. The average Bonchev–Trinajstić information content (AvgIpc) is 2.69. The monoisotopic (exact) mass is 259 g/mol. The van der Waals surface area contributed by atoms with Crippen molar-refractivity contribution in [2.24, 2.45) is 5.92 Å². The lowest BCUT2D eigenvalue weighted by atomic mass is 9.96. The molecule has 0 saturated carbocycles. The predicted molar refractivity (Wildman–Crippen MR) is 58.5 cm³/mol. The third kappa shape index (κ3) is 2.85. The van der Waals surface area contributed by atoms with E-state index in [1.54, 1.807) is 0 Å². The summed E-state index contributed by atoms with van der Waals surface area (Å²) >= 11 is 0. The Labute approximate surface area is 98.5 Å². The molecule has 0 unspecified atom stereocenters. The summed E-state index contributed by atoms with van der Waals surface area (Å²) in [6.07, 6.45) is 2.73. The number of aromatic nitrogens is 1. The van der Waals surface area contributed by atoms with Crippen LogP contribution in [0.4, 0.5) is 0 Å². The molecule has 7 heteroatoms. The zero-order chi connectivity index (χ0) is 12.5. The van der Waals surface area contributed by atoms with Crippen LogP contribution in [-0.4, -0.2) is 36.2 Å². The van der Waals surface area contributed by atoms with E-state index in [0.29, 0.717) is 25.0 Å². The molecule has 17 heavy (non-hydrogen) atoms. The summed E-state index contributed by atoms with van der Waals surface area (Å²) in [6.45, 7) is 0. The fourth-order valence-corrected chi connectivity index (χ4v) is 3.58. The molecule has 0 bridgehead atoms. The lowest BCUT2D eigenvalue weighted by molar-refractivity contribution is 0.0694. The zero-order valence-corrected chi connectivity index (χ0v) is 9.94. The molecule has 2 rings (SSSR count). The Hall–Kier alpha value is -1.37. The van der Waals surface area contributed by atoms with E-state index in [4.69, 9.17) is 9.63 Å². The van der Waals surface area contributed by atoms with E-state index in [-0.39, 0.29) is 23.0 Å². The van der Waals surface area contributed by atoms with E-state index in [1.165, 1.54) is 6.20 Å².